The lowest BCUT2D eigenvalue weighted by molar-refractivity contribution is -0.192. The third kappa shape index (κ3) is 5.11. The van der Waals surface area contributed by atoms with Crippen LogP contribution in [0.3, 0.4) is 0 Å². The van der Waals surface area contributed by atoms with Gasteiger partial charge in [-0.05, 0) is 26.3 Å². The second-order valence-electron chi connectivity index (χ2n) is 7.85. The molecule has 7 nitrogen and oxygen atoms in total. The van der Waals surface area contributed by atoms with Crippen LogP contribution in [0.4, 0.5) is 13.2 Å². The van der Waals surface area contributed by atoms with Crippen molar-refractivity contribution in [2.45, 2.75) is 31.5 Å². The predicted octanol–water partition coefficient (Wildman–Crippen LogP) is 0.817. The molecule has 27 heavy (non-hydrogen) atoms. The van der Waals surface area contributed by atoms with Gasteiger partial charge in [0.05, 0.1) is 12.7 Å². The van der Waals surface area contributed by atoms with Crippen molar-refractivity contribution in [3.63, 3.8) is 0 Å². The maximum absolute atomic E-state index is 12.4. The maximum Gasteiger partial charge on any atom is 0.490 e. The molecule has 2 aliphatic heterocycles. The number of carbonyl (C=O) groups is 2. The third-order valence-electron chi connectivity index (χ3n) is 5.75. The van der Waals surface area contributed by atoms with Crippen molar-refractivity contribution in [2.75, 3.05) is 46.9 Å². The van der Waals surface area contributed by atoms with Gasteiger partial charge in [-0.1, -0.05) is 0 Å². The van der Waals surface area contributed by atoms with E-state index in [1.54, 1.807) is 7.11 Å². The third-order valence-corrected chi connectivity index (χ3v) is 5.75. The molecular formula is C17H27F3N2O5. The zero-order chi connectivity index (χ0) is 20.4. The van der Waals surface area contributed by atoms with Crippen molar-refractivity contribution < 1.29 is 37.7 Å². The molecule has 0 unspecified atom stereocenters. The number of likely N-dealkylation sites (tertiary alicyclic amines) is 2. The number of aliphatic carboxylic acids is 1. The monoisotopic (exact) mass is 396 g/mol. The Balaban J connectivity index is 0.000000321. The van der Waals surface area contributed by atoms with Crippen molar-refractivity contribution in [2.24, 2.45) is 17.3 Å². The number of carboxylic acids is 1. The lowest BCUT2D eigenvalue weighted by atomic mass is 9.77. The van der Waals surface area contributed by atoms with Crippen LogP contribution in [0.2, 0.25) is 0 Å². The van der Waals surface area contributed by atoms with Crippen LogP contribution in [0.25, 0.3) is 0 Å². The smallest absolute Gasteiger partial charge is 0.475 e. The highest BCUT2D eigenvalue weighted by atomic mass is 19.4. The molecule has 2 saturated heterocycles. The Morgan fingerprint density at radius 1 is 1.26 bits per heavy atom. The summed E-state index contributed by atoms with van der Waals surface area (Å²) in [6.45, 7) is 4.67. The summed E-state index contributed by atoms with van der Waals surface area (Å²) in [6.07, 6.45) is -2.93. The minimum Gasteiger partial charge on any atom is -0.475 e. The molecule has 1 spiro atoms. The van der Waals surface area contributed by atoms with Crippen LogP contribution in [0.15, 0.2) is 0 Å². The summed E-state index contributed by atoms with van der Waals surface area (Å²) < 4.78 is 37.1. The molecule has 0 aromatic rings. The van der Waals surface area contributed by atoms with Crippen molar-refractivity contribution in [3.8, 4) is 0 Å². The molecule has 0 aromatic heterocycles. The Kier molecular flexibility index (Phi) is 6.75. The van der Waals surface area contributed by atoms with Crippen LogP contribution in [-0.4, -0.2) is 91.1 Å². The Morgan fingerprint density at radius 2 is 1.85 bits per heavy atom. The number of carboxylic acid groups (broad SMARTS) is 1. The second-order valence-corrected chi connectivity index (χ2v) is 7.85. The second kappa shape index (κ2) is 8.32. The molecule has 156 valence electrons. The van der Waals surface area contributed by atoms with Crippen molar-refractivity contribution in [1.29, 1.82) is 0 Å². The quantitative estimate of drug-likeness (QED) is 0.734. The summed E-state index contributed by atoms with van der Waals surface area (Å²) in [7, 11) is 3.92. The molecule has 10 heteroatoms. The zero-order valence-corrected chi connectivity index (χ0v) is 15.5. The van der Waals surface area contributed by atoms with Crippen molar-refractivity contribution in [3.05, 3.63) is 0 Å². The lowest BCUT2D eigenvalue weighted by Crippen LogP contribution is -2.44. The van der Waals surface area contributed by atoms with Crippen LogP contribution in [-0.2, 0) is 14.3 Å². The van der Waals surface area contributed by atoms with Crippen LogP contribution in [0.1, 0.15) is 19.3 Å². The summed E-state index contributed by atoms with van der Waals surface area (Å²) in [6, 6.07) is 0. The molecule has 0 radical (unpaired) electrons. The van der Waals surface area contributed by atoms with E-state index in [9.17, 15) is 23.1 Å². The summed E-state index contributed by atoms with van der Waals surface area (Å²) >= 11 is 0. The molecule has 3 fully saturated rings. The first-order chi connectivity index (χ1) is 12.5. The molecule has 2 heterocycles. The number of rotatable bonds is 3. The molecule has 3 aliphatic rings. The number of carbonyl (C=O) groups excluding carboxylic acids is 1. The van der Waals surface area contributed by atoms with Gasteiger partial charge in [0, 0.05) is 50.5 Å². The minimum absolute atomic E-state index is 0.0696. The first-order valence-electron chi connectivity index (χ1n) is 8.93. The molecule has 0 aromatic carbocycles. The molecule has 2 atom stereocenters. The van der Waals surface area contributed by atoms with E-state index >= 15 is 0 Å². The number of aliphatic hydroxyl groups is 1. The number of alkyl halides is 3. The van der Waals surface area contributed by atoms with Crippen molar-refractivity contribution in [1.82, 2.24) is 9.80 Å². The fraction of sp³-hybridized carbons (Fsp3) is 0.882. The van der Waals surface area contributed by atoms with E-state index in [0.717, 1.165) is 39.2 Å². The highest BCUT2D eigenvalue weighted by Gasteiger charge is 2.51. The van der Waals surface area contributed by atoms with E-state index in [2.05, 4.69) is 11.9 Å². The first-order valence-corrected chi connectivity index (χ1v) is 8.93. The van der Waals surface area contributed by atoms with Gasteiger partial charge in [0.1, 0.15) is 0 Å². The number of nitrogens with zero attached hydrogens (tertiary/aromatic N) is 2. The first kappa shape index (κ1) is 21.9. The minimum atomic E-state index is -5.08. The SMILES string of the molecule is COC[C@H]1CN(C)C[C@@]12CCN(C(=O)C1CC(O)C1)C2.O=C(O)C(F)(F)F. The van der Waals surface area contributed by atoms with Crippen LogP contribution >= 0.6 is 0 Å². The fourth-order valence-corrected chi connectivity index (χ4v) is 4.33. The van der Waals surface area contributed by atoms with E-state index in [1.165, 1.54) is 0 Å². The highest BCUT2D eigenvalue weighted by Crippen LogP contribution is 2.44. The molecule has 1 saturated carbocycles. The van der Waals surface area contributed by atoms with E-state index in [0.29, 0.717) is 18.8 Å². The van der Waals surface area contributed by atoms with E-state index in [-0.39, 0.29) is 23.3 Å². The Labute approximate surface area is 156 Å². The fourth-order valence-electron chi connectivity index (χ4n) is 4.33. The molecular weight excluding hydrogens is 369 g/mol. The van der Waals surface area contributed by atoms with Gasteiger partial charge in [-0.3, -0.25) is 4.79 Å². The summed E-state index contributed by atoms with van der Waals surface area (Å²) in [5, 5.41) is 16.5. The molecule has 1 aliphatic carbocycles. The Bertz CT molecular complexity index is 553. The number of ether oxygens (including phenoxy) is 1. The van der Waals surface area contributed by atoms with Gasteiger partial charge in [-0.2, -0.15) is 13.2 Å². The Morgan fingerprint density at radius 3 is 2.33 bits per heavy atom. The largest absolute Gasteiger partial charge is 0.490 e. The van der Waals surface area contributed by atoms with E-state index < -0.39 is 12.1 Å². The lowest BCUT2D eigenvalue weighted by Gasteiger charge is -2.35. The molecule has 0 bridgehead atoms. The molecule has 3 rings (SSSR count). The van der Waals surface area contributed by atoms with Crippen LogP contribution < -0.4 is 0 Å². The summed E-state index contributed by atoms with van der Waals surface area (Å²) in [5.41, 5.74) is 0.225. The predicted molar refractivity (Wildman–Crippen MR) is 88.9 cm³/mol. The van der Waals surface area contributed by atoms with Crippen molar-refractivity contribution >= 4 is 11.9 Å². The highest BCUT2D eigenvalue weighted by molar-refractivity contribution is 5.80. The topological polar surface area (TPSA) is 90.3 Å². The number of hydrogen-bond donors (Lipinski definition) is 2. The molecule has 1 amide bonds. The number of hydrogen-bond acceptors (Lipinski definition) is 5. The maximum atomic E-state index is 12.4. The van der Waals surface area contributed by atoms with Gasteiger partial charge in [0.15, 0.2) is 0 Å². The van der Waals surface area contributed by atoms with Gasteiger partial charge in [-0.25, -0.2) is 4.79 Å². The van der Waals surface area contributed by atoms with Gasteiger partial charge in [0.2, 0.25) is 5.91 Å². The average Bonchev–Trinajstić information content (AvgIpc) is 3.08. The summed E-state index contributed by atoms with van der Waals surface area (Å²) in [5.74, 6) is -1.90. The Hall–Kier alpha value is -1.39. The number of halogens is 3. The van der Waals surface area contributed by atoms with E-state index in [1.807, 2.05) is 4.90 Å². The standard InChI is InChI=1S/C15H26N2O3.C2HF3O2/c1-16-7-12(8-20-2)15(9-16)3-4-17(10-15)14(19)11-5-13(18)6-11;3-2(4,5)1(6)7/h11-13,18H,3-10H2,1-2H3;(H,6,7)/t11?,12-,13?,15-;/m1./s1. The zero-order valence-electron chi connectivity index (χ0n) is 15.5. The van der Waals surface area contributed by atoms with Crippen LogP contribution in [0, 0.1) is 17.3 Å². The number of aliphatic hydroxyl groups excluding tert-OH is 1. The van der Waals surface area contributed by atoms with Gasteiger partial charge < -0.3 is 24.7 Å². The van der Waals surface area contributed by atoms with Gasteiger partial charge in [0.25, 0.3) is 0 Å². The van der Waals surface area contributed by atoms with Gasteiger partial charge >= 0.3 is 12.1 Å². The van der Waals surface area contributed by atoms with E-state index in [4.69, 9.17) is 14.6 Å². The molecule has 2 N–H and O–H groups in total. The van der Waals surface area contributed by atoms with Gasteiger partial charge in [-0.15, -0.1) is 0 Å². The normalized spacial score (nSPS) is 33.6. The average molecular weight is 396 g/mol. The van der Waals surface area contributed by atoms with Crippen LogP contribution in [0.5, 0.6) is 0 Å². The number of methoxy groups -OCH3 is 1. The number of amides is 1. The summed E-state index contributed by atoms with van der Waals surface area (Å²) in [4.78, 5) is 25.7.